The molecule has 0 unspecified atom stereocenters. The fraction of sp³-hybridized carbons (Fsp3) is 0.444. The third kappa shape index (κ3) is 5.02. The van der Waals surface area contributed by atoms with Gasteiger partial charge in [-0.3, -0.25) is 14.7 Å². The number of aromatic nitrogens is 3. The number of amides is 3. The Bertz CT molecular complexity index is 807. The minimum Gasteiger partial charge on any atom is -0.378 e. The smallest absolute Gasteiger partial charge is 0.321 e. The molecule has 10 heteroatoms. The van der Waals surface area contributed by atoms with Gasteiger partial charge in [-0.1, -0.05) is 42.1 Å². The van der Waals surface area contributed by atoms with Crippen molar-refractivity contribution >= 4 is 29.6 Å². The van der Waals surface area contributed by atoms with Crippen molar-refractivity contribution in [3.05, 3.63) is 35.9 Å². The molecule has 0 spiro atoms. The molecule has 9 nitrogen and oxygen atoms in total. The Morgan fingerprint density at radius 3 is 2.61 bits per heavy atom. The summed E-state index contributed by atoms with van der Waals surface area (Å²) in [7, 11) is 1.46. The summed E-state index contributed by atoms with van der Waals surface area (Å²) in [6, 6.07) is 9.50. The number of nitrogens with zero attached hydrogens (tertiary/aromatic N) is 4. The molecule has 1 aliphatic rings. The van der Waals surface area contributed by atoms with Crippen LogP contribution in [0.15, 0.2) is 35.5 Å². The SMILES string of the molecule is CNC(=O)NC(=O)[C@@H](C)Sc1nnc(N2CCOCC2)n1Cc1ccccc1. The summed E-state index contributed by atoms with van der Waals surface area (Å²) < 4.78 is 7.44. The van der Waals surface area contributed by atoms with Crippen LogP contribution in [0.2, 0.25) is 0 Å². The number of imide groups is 1. The highest BCUT2D eigenvalue weighted by Gasteiger charge is 2.24. The topological polar surface area (TPSA) is 101 Å². The molecule has 2 N–H and O–H groups in total. The molecule has 1 saturated heterocycles. The van der Waals surface area contributed by atoms with Crippen molar-refractivity contribution in [2.75, 3.05) is 38.3 Å². The van der Waals surface area contributed by atoms with Crippen molar-refractivity contribution in [2.24, 2.45) is 0 Å². The fourth-order valence-corrected chi connectivity index (χ4v) is 3.60. The van der Waals surface area contributed by atoms with Gasteiger partial charge in [-0.05, 0) is 12.5 Å². The van der Waals surface area contributed by atoms with Crippen LogP contribution in [0.1, 0.15) is 12.5 Å². The van der Waals surface area contributed by atoms with Gasteiger partial charge in [0.1, 0.15) is 0 Å². The summed E-state index contributed by atoms with van der Waals surface area (Å²) in [5.41, 5.74) is 1.11. The monoisotopic (exact) mass is 404 g/mol. The number of hydrogen-bond acceptors (Lipinski definition) is 7. The van der Waals surface area contributed by atoms with Gasteiger partial charge in [0.05, 0.1) is 25.0 Å². The lowest BCUT2D eigenvalue weighted by molar-refractivity contribution is -0.119. The molecule has 1 aromatic carbocycles. The van der Waals surface area contributed by atoms with Gasteiger partial charge < -0.3 is 15.0 Å². The maximum Gasteiger partial charge on any atom is 0.321 e. The molecule has 0 aliphatic carbocycles. The summed E-state index contributed by atoms with van der Waals surface area (Å²) in [5.74, 6) is 0.375. The summed E-state index contributed by atoms with van der Waals surface area (Å²) in [6.45, 7) is 5.09. The predicted octanol–water partition coefficient (Wildman–Crippen LogP) is 1.10. The molecular formula is C18H24N6O3S. The van der Waals surface area contributed by atoms with Crippen LogP contribution in [-0.2, 0) is 16.1 Å². The van der Waals surface area contributed by atoms with Crippen molar-refractivity contribution in [2.45, 2.75) is 23.9 Å². The van der Waals surface area contributed by atoms with E-state index in [-0.39, 0.29) is 5.91 Å². The van der Waals surface area contributed by atoms with Gasteiger partial charge >= 0.3 is 6.03 Å². The maximum absolute atomic E-state index is 12.2. The second kappa shape index (κ2) is 9.56. The van der Waals surface area contributed by atoms with Gasteiger partial charge in [0, 0.05) is 20.1 Å². The lowest BCUT2D eigenvalue weighted by Crippen LogP contribution is -2.41. The largest absolute Gasteiger partial charge is 0.378 e. The van der Waals surface area contributed by atoms with Crippen LogP contribution in [-0.4, -0.2) is 65.3 Å². The van der Waals surface area contributed by atoms with Crippen LogP contribution in [0, 0.1) is 0 Å². The molecule has 3 amide bonds. The average Bonchev–Trinajstić information content (AvgIpc) is 3.11. The van der Waals surface area contributed by atoms with E-state index in [1.807, 2.05) is 34.9 Å². The fourth-order valence-electron chi connectivity index (χ4n) is 2.76. The summed E-state index contributed by atoms with van der Waals surface area (Å²) in [6.07, 6.45) is 0. The summed E-state index contributed by atoms with van der Waals surface area (Å²) in [4.78, 5) is 25.7. The van der Waals surface area contributed by atoms with Crippen LogP contribution in [0.4, 0.5) is 10.7 Å². The van der Waals surface area contributed by atoms with Gasteiger partial charge in [-0.25, -0.2) is 4.79 Å². The van der Waals surface area contributed by atoms with Crippen molar-refractivity contribution in [1.29, 1.82) is 0 Å². The van der Waals surface area contributed by atoms with Crippen LogP contribution in [0.3, 0.4) is 0 Å². The molecule has 28 heavy (non-hydrogen) atoms. The maximum atomic E-state index is 12.2. The number of hydrogen-bond donors (Lipinski definition) is 2. The van der Waals surface area contributed by atoms with E-state index >= 15 is 0 Å². The summed E-state index contributed by atoms with van der Waals surface area (Å²) in [5, 5.41) is 13.5. The Balaban J connectivity index is 1.82. The number of thioether (sulfide) groups is 1. The molecule has 0 saturated carbocycles. The van der Waals surface area contributed by atoms with Crippen molar-refractivity contribution in [3.8, 4) is 0 Å². The number of rotatable bonds is 6. The first-order valence-electron chi connectivity index (χ1n) is 9.07. The number of nitrogens with one attached hydrogen (secondary N) is 2. The Labute approximate surface area is 167 Å². The molecule has 1 aliphatic heterocycles. The van der Waals surface area contributed by atoms with E-state index in [1.165, 1.54) is 18.8 Å². The van der Waals surface area contributed by atoms with E-state index in [0.29, 0.717) is 24.9 Å². The molecule has 3 rings (SSSR count). The Morgan fingerprint density at radius 2 is 1.93 bits per heavy atom. The number of carbonyl (C=O) groups is 2. The number of carbonyl (C=O) groups excluding carboxylic acids is 2. The third-order valence-electron chi connectivity index (χ3n) is 4.29. The number of ether oxygens (including phenoxy) is 1. The zero-order chi connectivity index (χ0) is 19.9. The Hall–Kier alpha value is -2.59. The minimum atomic E-state index is -0.530. The Morgan fingerprint density at radius 1 is 1.21 bits per heavy atom. The Kier molecular flexibility index (Phi) is 6.88. The van der Waals surface area contributed by atoms with Crippen LogP contribution in [0.25, 0.3) is 0 Å². The standard InChI is InChI=1S/C18H24N6O3S/c1-13(15(25)20-16(26)19-2)28-18-22-21-17(23-8-10-27-11-9-23)24(18)12-14-6-4-3-5-7-14/h3-7,13H,8-12H2,1-2H3,(H2,19,20,25,26)/t13-/m1/s1. The molecule has 2 heterocycles. The number of urea groups is 1. The lowest BCUT2D eigenvalue weighted by Gasteiger charge is -2.28. The molecule has 0 radical (unpaired) electrons. The van der Waals surface area contributed by atoms with Crippen LogP contribution < -0.4 is 15.5 Å². The van der Waals surface area contributed by atoms with Gasteiger partial charge in [-0.15, -0.1) is 10.2 Å². The van der Waals surface area contributed by atoms with Crippen molar-refractivity contribution in [3.63, 3.8) is 0 Å². The van der Waals surface area contributed by atoms with Gasteiger partial charge in [0.25, 0.3) is 0 Å². The van der Waals surface area contributed by atoms with E-state index < -0.39 is 11.3 Å². The number of morpholine rings is 1. The zero-order valence-corrected chi connectivity index (χ0v) is 16.7. The number of benzene rings is 1. The van der Waals surface area contributed by atoms with Crippen molar-refractivity contribution in [1.82, 2.24) is 25.4 Å². The van der Waals surface area contributed by atoms with E-state index in [1.54, 1.807) is 6.92 Å². The number of anilines is 1. The average molecular weight is 404 g/mol. The highest BCUT2D eigenvalue weighted by molar-refractivity contribution is 8.00. The molecule has 2 aromatic rings. The van der Waals surface area contributed by atoms with Gasteiger partial charge in [0.15, 0.2) is 5.16 Å². The first-order valence-corrected chi connectivity index (χ1v) is 9.95. The van der Waals surface area contributed by atoms with Crippen LogP contribution >= 0.6 is 11.8 Å². The quantitative estimate of drug-likeness (QED) is 0.695. The molecule has 1 atom stereocenters. The van der Waals surface area contributed by atoms with E-state index in [2.05, 4.69) is 25.7 Å². The summed E-state index contributed by atoms with van der Waals surface area (Å²) >= 11 is 1.27. The molecule has 1 aromatic heterocycles. The first-order chi connectivity index (χ1) is 13.6. The third-order valence-corrected chi connectivity index (χ3v) is 5.37. The second-order valence-corrected chi connectivity index (χ2v) is 7.59. The molecule has 150 valence electrons. The first kappa shape index (κ1) is 20.2. The second-order valence-electron chi connectivity index (χ2n) is 6.28. The minimum absolute atomic E-state index is 0.383. The predicted molar refractivity (Wildman–Crippen MR) is 107 cm³/mol. The van der Waals surface area contributed by atoms with Gasteiger partial charge in [0.2, 0.25) is 11.9 Å². The molecule has 0 bridgehead atoms. The van der Waals surface area contributed by atoms with Crippen molar-refractivity contribution < 1.29 is 14.3 Å². The lowest BCUT2D eigenvalue weighted by atomic mass is 10.2. The van der Waals surface area contributed by atoms with E-state index in [4.69, 9.17) is 4.74 Å². The van der Waals surface area contributed by atoms with Gasteiger partial charge in [-0.2, -0.15) is 0 Å². The zero-order valence-electron chi connectivity index (χ0n) is 15.9. The van der Waals surface area contributed by atoms with E-state index in [9.17, 15) is 9.59 Å². The van der Waals surface area contributed by atoms with Crippen LogP contribution in [0.5, 0.6) is 0 Å². The normalized spacial score (nSPS) is 15.1. The highest BCUT2D eigenvalue weighted by atomic mass is 32.2. The molecule has 1 fully saturated rings. The molecular weight excluding hydrogens is 380 g/mol. The highest BCUT2D eigenvalue weighted by Crippen LogP contribution is 2.27. The van der Waals surface area contributed by atoms with E-state index in [0.717, 1.165) is 24.6 Å².